The molecular formula is C25H34N2O4. The van der Waals surface area contributed by atoms with Crippen LogP contribution in [0.25, 0.3) is 0 Å². The molecule has 1 fully saturated rings. The summed E-state index contributed by atoms with van der Waals surface area (Å²) in [4.78, 5) is 13.8. The van der Waals surface area contributed by atoms with Gasteiger partial charge in [-0.2, -0.15) is 0 Å². The zero-order valence-electron chi connectivity index (χ0n) is 18.8. The van der Waals surface area contributed by atoms with Crippen LogP contribution in [0.4, 0.5) is 17.1 Å². The van der Waals surface area contributed by atoms with E-state index in [0.29, 0.717) is 12.6 Å². The van der Waals surface area contributed by atoms with Crippen molar-refractivity contribution in [3.8, 4) is 0 Å². The summed E-state index contributed by atoms with van der Waals surface area (Å²) in [5.41, 5.74) is 5.30. The minimum Gasteiger partial charge on any atom is -0.481 e. The topological polar surface area (TPSA) is 71.0 Å². The van der Waals surface area contributed by atoms with Crippen molar-refractivity contribution in [1.29, 1.82) is 0 Å². The lowest BCUT2D eigenvalue weighted by molar-refractivity contribution is -0.137. The maximum atomic E-state index is 11.4. The van der Waals surface area contributed by atoms with Crippen molar-refractivity contribution < 1.29 is 19.4 Å². The molecule has 0 spiro atoms. The minimum atomic E-state index is -0.823. The molecule has 168 valence electrons. The second kappa shape index (κ2) is 11.2. The van der Waals surface area contributed by atoms with E-state index in [9.17, 15) is 9.90 Å². The monoisotopic (exact) mass is 426 g/mol. The molecule has 0 bridgehead atoms. The fraction of sp³-hybridized carbons (Fsp3) is 0.480. The summed E-state index contributed by atoms with van der Waals surface area (Å²) in [5.74, 6) is -1.02. The first-order valence-corrected chi connectivity index (χ1v) is 11.0. The highest BCUT2D eigenvalue weighted by Gasteiger charge is 2.24. The van der Waals surface area contributed by atoms with Gasteiger partial charge in [-0.1, -0.05) is 23.8 Å². The van der Waals surface area contributed by atoms with Gasteiger partial charge in [0.25, 0.3) is 0 Å². The number of nitrogens with one attached hydrogen (secondary N) is 1. The first-order valence-electron chi connectivity index (χ1n) is 11.0. The lowest BCUT2D eigenvalue weighted by Crippen LogP contribution is -2.39. The molecule has 0 aliphatic carbocycles. The smallest absolute Gasteiger partial charge is 0.304 e. The van der Waals surface area contributed by atoms with E-state index in [2.05, 4.69) is 60.5 Å². The number of aryl methyl sites for hydroxylation is 1. The Balaban J connectivity index is 1.99. The number of carboxylic acid groups (broad SMARTS) is 1. The van der Waals surface area contributed by atoms with Crippen LogP contribution in [0.1, 0.15) is 43.2 Å². The molecule has 3 rings (SSSR count). The van der Waals surface area contributed by atoms with E-state index < -0.39 is 5.97 Å². The second-order valence-corrected chi connectivity index (χ2v) is 8.15. The Bertz CT molecular complexity index is 847. The third kappa shape index (κ3) is 6.21. The zero-order valence-corrected chi connectivity index (χ0v) is 18.8. The van der Waals surface area contributed by atoms with Gasteiger partial charge in [0.15, 0.2) is 0 Å². The quantitative estimate of drug-likeness (QED) is 0.560. The Morgan fingerprint density at radius 2 is 1.94 bits per heavy atom. The maximum Gasteiger partial charge on any atom is 0.304 e. The van der Waals surface area contributed by atoms with E-state index in [4.69, 9.17) is 9.47 Å². The van der Waals surface area contributed by atoms with E-state index >= 15 is 0 Å². The van der Waals surface area contributed by atoms with Gasteiger partial charge in [0.2, 0.25) is 0 Å². The predicted molar refractivity (Wildman–Crippen MR) is 125 cm³/mol. The predicted octanol–water partition coefficient (Wildman–Crippen LogP) is 4.95. The summed E-state index contributed by atoms with van der Waals surface area (Å²) in [7, 11) is 1.61. The van der Waals surface area contributed by atoms with Crippen molar-refractivity contribution in [2.75, 3.05) is 43.7 Å². The molecule has 6 heteroatoms. The van der Waals surface area contributed by atoms with Crippen LogP contribution in [0, 0.1) is 6.92 Å². The van der Waals surface area contributed by atoms with Gasteiger partial charge in [0, 0.05) is 44.5 Å². The van der Waals surface area contributed by atoms with E-state index in [-0.39, 0.29) is 12.3 Å². The van der Waals surface area contributed by atoms with E-state index in [1.165, 1.54) is 5.56 Å². The summed E-state index contributed by atoms with van der Waals surface area (Å²) < 4.78 is 10.9. The average molecular weight is 427 g/mol. The van der Waals surface area contributed by atoms with Crippen LogP contribution in [0.2, 0.25) is 0 Å². The Morgan fingerprint density at radius 1 is 1.23 bits per heavy atom. The van der Waals surface area contributed by atoms with Gasteiger partial charge in [-0.15, -0.1) is 0 Å². The highest BCUT2D eigenvalue weighted by molar-refractivity contribution is 5.77. The maximum absolute atomic E-state index is 11.4. The highest BCUT2D eigenvalue weighted by Crippen LogP contribution is 2.35. The third-order valence-corrected chi connectivity index (χ3v) is 5.89. The van der Waals surface area contributed by atoms with Gasteiger partial charge in [-0.3, -0.25) is 4.79 Å². The molecule has 1 unspecified atom stereocenters. The van der Waals surface area contributed by atoms with E-state index in [0.717, 1.165) is 55.2 Å². The van der Waals surface area contributed by atoms with Crippen molar-refractivity contribution in [2.45, 2.75) is 45.1 Å². The lowest BCUT2D eigenvalue weighted by atomic mass is 9.94. The number of carbonyl (C=O) groups is 1. The van der Waals surface area contributed by atoms with E-state index in [1.807, 2.05) is 6.07 Å². The van der Waals surface area contributed by atoms with Crippen LogP contribution in [-0.2, 0) is 14.3 Å². The molecule has 2 aromatic rings. The number of nitrogens with zero attached hydrogens (tertiary/aromatic N) is 1. The Hall–Kier alpha value is -2.57. The minimum absolute atomic E-state index is 0.0363. The van der Waals surface area contributed by atoms with Crippen LogP contribution in [0.3, 0.4) is 0 Å². The first kappa shape index (κ1) is 23.1. The number of anilines is 3. The summed E-state index contributed by atoms with van der Waals surface area (Å²) in [5, 5.41) is 12.9. The number of carboxylic acids is 1. The average Bonchev–Trinajstić information content (AvgIpc) is 2.77. The molecule has 0 amide bonds. The standard InChI is InChI=1S/C25H34N2O4/c1-4-27(22-11-13-31-14-12-22)24-10-7-19(20(17-30-3)16-25(28)29)15-23(24)26-21-8-5-18(2)6-9-21/h5-10,15,20,22,26H,4,11-14,16-17H2,1-3H3,(H,28,29). The van der Waals surface area contributed by atoms with Crippen LogP contribution < -0.4 is 10.2 Å². The SMILES string of the molecule is CCN(c1ccc(C(COC)CC(=O)O)cc1Nc1ccc(C)cc1)C1CCOCC1. The third-order valence-electron chi connectivity index (χ3n) is 5.89. The Labute approximate surface area is 185 Å². The van der Waals surface area contributed by atoms with Gasteiger partial charge in [0.05, 0.1) is 24.4 Å². The van der Waals surface area contributed by atoms with Crippen LogP contribution in [0.15, 0.2) is 42.5 Å². The molecule has 1 saturated heterocycles. The molecule has 6 nitrogen and oxygen atoms in total. The van der Waals surface area contributed by atoms with Crippen molar-refractivity contribution in [2.24, 2.45) is 0 Å². The molecule has 0 aromatic heterocycles. The number of methoxy groups -OCH3 is 1. The number of hydrogen-bond acceptors (Lipinski definition) is 5. The summed E-state index contributed by atoms with van der Waals surface area (Å²) in [6, 6.07) is 15.0. The zero-order chi connectivity index (χ0) is 22.2. The molecule has 1 heterocycles. The van der Waals surface area contributed by atoms with E-state index in [1.54, 1.807) is 7.11 Å². The molecule has 0 saturated carbocycles. The largest absolute Gasteiger partial charge is 0.481 e. The summed E-state index contributed by atoms with van der Waals surface area (Å²) >= 11 is 0. The molecule has 2 aromatic carbocycles. The Morgan fingerprint density at radius 3 is 2.55 bits per heavy atom. The highest BCUT2D eigenvalue weighted by atomic mass is 16.5. The Kier molecular flexibility index (Phi) is 8.32. The molecule has 0 radical (unpaired) electrons. The van der Waals surface area contributed by atoms with Crippen molar-refractivity contribution in [3.05, 3.63) is 53.6 Å². The number of hydrogen-bond donors (Lipinski definition) is 2. The fourth-order valence-electron chi connectivity index (χ4n) is 4.26. The molecule has 2 N–H and O–H groups in total. The van der Waals surface area contributed by atoms with Gasteiger partial charge in [-0.05, 0) is 56.5 Å². The number of aliphatic carboxylic acids is 1. The van der Waals surface area contributed by atoms with Gasteiger partial charge in [-0.25, -0.2) is 0 Å². The lowest BCUT2D eigenvalue weighted by Gasteiger charge is -2.37. The molecule has 1 aliphatic heterocycles. The normalized spacial score (nSPS) is 15.5. The van der Waals surface area contributed by atoms with Crippen LogP contribution >= 0.6 is 0 Å². The van der Waals surface area contributed by atoms with Crippen molar-refractivity contribution in [3.63, 3.8) is 0 Å². The summed E-state index contributed by atoms with van der Waals surface area (Å²) in [6.45, 7) is 7.08. The number of ether oxygens (including phenoxy) is 2. The van der Waals surface area contributed by atoms with Crippen LogP contribution in [0.5, 0.6) is 0 Å². The van der Waals surface area contributed by atoms with Crippen LogP contribution in [-0.4, -0.2) is 50.6 Å². The van der Waals surface area contributed by atoms with Crippen molar-refractivity contribution >= 4 is 23.0 Å². The molecule has 31 heavy (non-hydrogen) atoms. The first-order chi connectivity index (χ1) is 15.0. The fourth-order valence-corrected chi connectivity index (χ4v) is 4.26. The number of benzene rings is 2. The number of rotatable bonds is 10. The van der Waals surface area contributed by atoms with Gasteiger partial charge < -0.3 is 24.8 Å². The molecule has 1 aliphatic rings. The van der Waals surface area contributed by atoms with Crippen molar-refractivity contribution in [1.82, 2.24) is 0 Å². The van der Waals surface area contributed by atoms with Gasteiger partial charge >= 0.3 is 5.97 Å². The molecule has 1 atom stereocenters. The molecular weight excluding hydrogens is 392 g/mol. The second-order valence-electron chi connectivity index (χ2n) is 8.15. The summed E-state index contributed by atoms with van der Waals surface area (Å²) in [6.07, 6.45) is 2.05. The van der Waals surface area contributed by atoms with Gasteiger partial charge in [0.1, 0.15) is 0 Å².